The van der Waals surface area contributed by atoms with Crippen LogP contribution in [0.25, 0.3) is 27.2 Å². The Bertz CT molecular complexity index is 2370. The Morgan fingerprint density at radius 2 is 1.42 bits per heavy atom. The highest BCUT2D eigenvalue weighted by Crippen LogP contribution is 2.35. The van der Waals surface area contributed by atoms with Crippen molar-refractivity contribution in [2.75, 3.05) is 53.4 Å². The van der Waals surface area contributed by atoms with Crippen molar-refractivity contribution in [3.05, 3.63) is 102 Å². The molecule has 0 aliphatic carbocycles. The summed E-state index contributed by atoms with van der Waals surface area (Å²) in [6.07, 6.45) is 5.95. The van der Waals surface area contributed by atoms with Crippen molar-refractivity contribution in [3.8, 4) is 5.69 Å². The van der Waals surface area contributed by atoms with E-state index in [0.29, 0.717) is 59.0 Å². The number of nitrogens with zero attached hydrogens (tertiary/aromatic N) is 6. The molecule has 0 fully saturated rings. The molecule has 13 nitrogen and oxygen atoms in total. The maximum Gasteiger partial charge on any atom is 0.261 e. The third-order valence-electron chi connectivity index (χ3n) is 10.1. The number of nitrogens with one attached hydrogen (secondary N) is 1. The Morgan fingerprint density at radius 3 is 2.09 bits per heavy atom. The molecular weight excluding hydrogens is 695 g/mol. The summed E-state index contributed by atoms with van der Waals surface area (Å²) in [5, 5.41) is 5.78. The van der Waals surface area contributed by atoms with Gasteiger partial charge in [0.15, 0.2) is 0 Å². The van der Waals surface area contributed by atoms with Crippen LogP contribution in [0.5, 0.6) is 0 Å². The molecule has 7 rings (SSSR count). The Labute approximate surface area is 307 Å². The smallest absolute Gasteiger partial charge is 0.261 e. The van der Waals surface area contributed by atoms with Gasteiger partial charge >= 0.3 is 0 Å². The van der Waals surface area contributed by atoms with Crippen LogP contribution in [0, 0.1) is 0 Å². The molecule has 1 aromatic heterocycles. The Balaban J connectivity index is 0.950. The summed E-state index contributed by atoms with van der Waals surface area (Å²) in [4.78, 5) is 63.2. The van der Waals surface area contributed by atoms with Gasteiger partial charge in [-0.1, -0.05) is 24.3 Å². The quantitative estimate of drug-likeness (QED) is 0.132. The number of carbonyl (C=O) groups excluding carboxylic acids is 4. The molecule has 4 amide bonds. The van der Waals surface area contributed by atoms with E-state index in [-0.39, 0.29) is 41.4 Å². The lowest BCUT2D eigenvalue weighted by molar-refractivity contribution is 0.0579. The lowest BCUT2D eigenvalue weighted by Crippen LogP contribution is -2.46. The Hall–Kier alpha value is -5.28. The number of aromatic nitrogens is 2. The standard InChI is InChI=1S/C39H41N7O6S/c1-25(2)43(20-21-46-37(48)30-11-6-9-28-33(44-18-15-41-24-44)13-12-31(35(28)30)38(46)49)17-7-14-40-16-19-45-36(47)29-10-5-8-26-22-27(53(51,52)42(3)4)23-32(34(26)29)39(45)50/h5-6,8-13,15,18,22-25,40H,7,14,16-17,19-21H2,1-4H3. The minimum Gasteiger partial charge on any atom is -0.315 e. The lowest BCUT2D eigenvalue weighted by Gasteiger charge is -2.32. The van der Waals surface area contributed by atoms with Crippen molar-refractivity contribution in [3.63, 3.8) is 0 Å². The topological polar surface area (TPSA) is 145 Å². The molecule has 0 saturated heterocycles. The van der Waals surface area contributed by atoms with E-state index in [1.807, 2.05) is 29.0 Å². The first kappa shape index (κ1) is 36.1. The fourth-order valence-corrected chi connectivity index (χ4v) is 8.20. The van der Waals surface area contributed by atoms with Crippen molar-refractivity contribution < 1.29 is 27.6 Å². The van der Waals surface area contributed by atoms with Gasteiger partial charge in [-0.15, -0.1) is 0 Å². The molecular formula is C39H41N7O6S. The van der Waals surface area contributed by atoms with E-state index in [9.17, 15) is 27.6 Å². The number of sulfonamides is 1. The normalized spacial score (nSPS) is 14.6. The van der Waals surface area contributed by atoms with Gasteiger partial charge in [-0.3, -0.25) is 33.9 Å². The van der Waals surface area contributed by atoms with Crippen LogP contribution in [0.4, 0.5) is 0 Å². The second-order valence-corrected chi connectivity index (χ2v) is 15.9. The van der Waals surface area contributed by atoms with Gasteiger partial charge in [0.05, 0.1) is 16.9 Å². The molecule has 14 heteroatoms. The fraction of sp³-hybridized carbons (Fsp3) is 0.308. The zero-order valence-electron chi connectivity index (χ0n) is 30.1. The first-order valence-corrected chi connectivity index (χ1v) is 19.0. The van der Waals surface area contributed by atoms with Gasteiger partial charge in [0.2, 0.25) is 10.0 Å². The zero-order valence-corrected chi connectivity index (χ0v) is 30.9. The van der Waals surface area contributed by atoms with Crippen LogP contribution in [0.2, 0.25) is 0 Å². The summed E-state index contributed by atoms with van der Waals surface area (Å²) in [6.45, 7) is 6.65. The fourth-order valence-electron chi connectivity index (χ4n) is 7.23. The molecule has 274 valence electrons. The van der Waals surface area contributed by atoms with Crippen LogP contribution < -0.4 is 5.32 Å². The number of hydrogen-bond donors (Lipinski definition) is 1. The van der Waals surface area contributed by atoms with Gasteiger partial charge in [-0.25, -0.2) is 17.7 Å². The van der Waals surface area contributed by atoms with Crippen molar-refractivity contribution in [1.29, 1.82) is 0 Å². The lowest BCUT2D eigenvalue weighted by atomic mass is 9.93. The molecule has 2 aliphatic rings. The summed E-state index contributed by atoms with van der Waals surface area (Å²) in [7, 11) is -0.944. The molecule has 3 heterocycles. The van der Waals surface area contributed by atoms with Crippen LogP contribution in [-0.4, -0.2) is 120 Å². The number of imide groups is 2. The average molecular weight is 736 g/mol. The van der Waals surface area contributed by atoms with Crippen LogP contribution in [-0.2, 0) is 10.0 Å². The van der Waals surface area contributed by atoms with Crippen molar-refractivity contribution in [2.45, 2.75) is 31.2 Å². The highest BCUT2D eigenvalue weighted by Gasteiger charge is 2.35. The van der Waals surface area contributed by atoms with Crippen LogP contribution in [0.15, 0.2) is 84.3 Å². The first-order chi connectivity index (χ1) is 25.4. The number of imidazole rings is 1. The molecule has 1 N–H and O–H groups in total. The first-order valence-electron chi connectivity index (χ1n) is 17.6. The van der Waals surface area contributed by atoms with Gasteiger partial charge in [-0.05, 0) is 75.1 Å². The maximum absolute atomic E-state index is 13.7. The summed E-state index contributed by atoms with van der Waals surface area (Å²) in [5.74, 6) is -1.56. The molecule has 0 unspecified atom stereocenters. The van der Waals surface area contributed by atoms with Gasteiger partial charge in [0, 0.05) is 97.1 Å². The second-order valence-electron chi connectivity index (χ2n) is 13.7. The number of hydrogen-bond acceptors (Lipinski definition) is 9. The minimum absolute atomic E-state index is 0.00553. The average Bonchev–Trinajstić information content (AvgIpc) is 3.68. The van der Waals surface area contributed by atoms with Crippen LogP contribution in [0.1, 0.15) is 61.7 Å². The van der Waals surface area contributed by atoms with Crippen LogP contribution >= 0.6 is 0 Å². The second kappa shape index (κ2) is 14.3. The van der Waals surface area contributed by atoms with Gasteiger partial charge in [0.25, 0.3) is 23.6 Å². The highest BCUT2D eigenvalue weighted by molar-refractivity contribution is 7.89. The molecule has 0 bridgehead atoms. The molecule has 53 heavy (non-hydrogen) atoms. The molecule has 4 aromatic carbocycles. The van der Waals surface area contributed by atoms with E-state index in [1.165, 1.54) is 36.0 Å². The monoisotopic (exact) mass is 735 g/mol. The number of carbonyl (C=O) groups is 4. The van der Waals surface area contributed by atoms with E-state index in [4.69, 9.17) is 0 Å². The number of benzene rings is 4. The predicted octanol–water partition coefficient (Wildman–Crippen LogP) is 4.01. The molecule has 0 saturated carbocycles. The van der Waals surface area contributed by atoms with Gasteiger partial charge < -0.3 is 9.88 Å². The third kappa shape index (κ3) is 6.41. The number of rotatable bonds is 14. The summed E-state index contributed by atoms with van der Waals surface area (Å²) in [5.41, 5.74) is 2.41. The molecule has 0 radical (unpaired) electrons. The van der Waals surface area contributed by atoms with Crippen molar-refractivity contribution >= 4 is 55.2 Å². The zero-order chi connectivity index (χ0) is 37.6. The Morgan fingerprint density at radius 1 is 0.755 bits per heavy atom. The predicted molar refractivity (Wildman–Crippen MR) is 201 cm³/mol. The van der Waals surface area contributed by atoms with Gasteiger partial charge in [-0.2, -0.15) is 0 Å². The van der Waals surface area contributed by atoms with Crippen LogP contribution in [0.3, 0.4) is 0 Å². The number of amides is 4. The van der Waals surface area contributed by atoms with E-state index in [0.717, 1.165) is 21.8 Å². The Kier molecular flexibility index (Phi) is 9.72. The van der Waals surface area contributed by atoms with E-state index in [1.54, 1.807) is 42.9 Å². The molecule has 2 aliphatic heterocycles. The summed E-state index contributed by atoms with van der Waals surface area (Å²) < 4.78 is 28.8. The van der Waals surface area contributed by atoms with E-state index >= 15 is 0 Å². The molecule has 5 aromatic rings. The third-order valence-corrected chi connectivity index (χ3v) is 11.9. The maximum atomic E-state index is 13.7. The van der Waals surface area contributed by atoms with Crippen molar-refractivity contribution in [1.82, 2.24) is 33.9 Å². The van der Waals surface area contributed by atoms with E-state index < -0.39 is 21.8 Å². The summed E-state index contributed by atoms with van der Waals surface area (Å²) in [6, 6.07) is 17.3. The SMILES string of the molecule is CC(C)N(CCCNCCN1C(=O)c2cccc3cc(S(=O)(=O)N(C)C)cc(c23)C1=O)CCN1C(=O)c2cccc3c(-n4ccnc4)ccc(c23)C1=O. The molecule has 0 atom stereocenters. The summed E-state index contributed by atoms with van der Waals surface area (Å²) >= 11 is 0. The minimum atomic E-state index is -3.81. The van der Waals surface area contributed by atoms with E-state index in [2.05, 4.69) is 29.0 Å². The highest BCUT2D eigenvalue weighted by atomic mass is 32.2. The van der Waals surface area contributed by atoms with Gasteiger partial charge in [0.1, 0.15) is 0 Å². The molecule has 0 spiro atoms. The largest absolute Gasteiger partial charge is 0.315 e. The van der Waals surface area contributed by atoms with Crippen molar-refractivity contribution in [2.24, 2.45) is 0 Å².